The van der Waals surface area contributed by atoms with Crippen LogP contribution in [0.1, 0.15) is 45.4 Å². The Balaban J connectivity index is 1.55. The number of nitrogens with zero attached hydrogens (tertiary/aromatic N) is 3. The largest absolute Gasteiger partial charge is 0.395 e. The minimum atomic E-state index is -0.0285. The van der Waals surface area contributed by atoms with Crippen molar-refractivity contribution in [2.45, 2.75) is 51.5 Å². The molecule has 1 spiro atoms. The number of β-amino-alcohol motifs (C(OH)–C–C–N with tert-alkyl or cyclic N) is 1. The van der Waals surface area contributed by atoms with Crippen LogP contribution in [0.15, 0.2) is 0 Å². The van der Waals surface area contributed by atoms with Gasteiger partial charge in [0.1, 0.15) is 0 Å². The highest BCUT2D eigenvalue weighted by Crippen LogP contribution is 2.40. The number of hydrogen-bond acceptors (Lipinski definition) is 4. The molecule has 24 heavy (non-hydrogen) atoms. The molecule has 0 aromatic heterocycles. The van der Waals surface area contributed by atoms with Crippen LogP contribution in [-0.2, 0) is 9.59 Å². The van der Waals surface area contributed by atoms with Crippen molar-refractivity contribution < 1.29 is 14.7 Å². The molecule has 0 aromatic rings. The third kappa shape index (κ3) is 3.59. The molecule has 3 fully saturated rings. The molecule has 3 heterocycles. The predicted molar refractivity (Wildman–Crippen MR) is 91.4 cm³/mol. The van der Waals surface area contributed by atoms with Crippen molar-refractivity contribution >= 4 is 11.8 Å². The van der Waals surface area contributed by atoms with Crippen molar-refractivity contribution in [3.63, 3.8) is 0 Å². The summed E-state index contributed by atoms with van der Waals surface area (Å²) in [7, 11) is 0. The standard InChI is InChI=1S/C18H31N3O3/c1-15(17(24)20-8-2-3-9-20)19-10-6-18(7-11-19)5-4-16(23)21(14-18)12-13-22/h15,22H,2-14H2,1H3. The van der Waals surface area contributed by atoms with Crippen molar-refractivity contribution in [3.05, 3.63) is 0 Å². The van der Waals surface area contributed by atoms with E-state index in [1.54, 1.807) is 0 Å². The lowest BCUT2D eigenvalue weighted by Crippen LogP contribution is -2.55. The Labute approximate surface area is 144 Å². The second-order valence-electron chi connectivity index (χ2n) is 7.78. The summed E-state index contributed by atoms with van der Waals surface area (Å²) in [6.07, 6.45) is 5.91. The van der Waals surface area contributed by atoms with Gasteiger partial charge in [-0.05, 0) is 57.5 Å². The third-order valence-corrected chi connectivity index (χ3v) is 6.30. The van der Waals surface area contributed by atoms with E-state index in [2.05, 4.69) is 4.90 Å². The molecule has 2 amide bonds. The van der Waals surface area contributed by atoms with E-state index >= 15 is 0 Å². The van der Waals surface area contributed by atoms with Crippen molar-refractivity contribution in [1.29, 1.82) is 0 Å². The zero-order chi connectivity index (χ0) is 17.2. The monoisotopic (exact) mass is 337 g/mol. The van der Waals surface area contributed by atoms with Crippen LogP contribution >= 0.6 is 0 Å². The van der Waals surface area contributed by atoms with Crippen molar-refractivity contribution in [1.82, 2.24) is 14.7 Å². The first kappa shape index (κ1) is 17.7. The third-order valence-electron chi connectivity index (χ3n) is 6.30. The molecular formula is C18H31N3O3. The van der Waals surface area contributed by atoms with Crippen molar-refractivity contribution in [3.8, 4) is 0 Å². The first-order chi connectivity index (χ1) is 11.5. The number of carbonyl (C=O) groups is 2. The minimum Gasteiger partial charge on any atom is -0.395 e. The average molecular weight is 337 g/mol. The summed E-state index contributed by atoms with van der Waals surface area (Å²) in [5.74, 6) is 0.457. The number of likely N-dealkylation sites (tertiary alicyclic amines) is 3. The van der Waals surface area contributed by atoms with E-state index in [0.717, 1.165) is 64.8 Å². The SMILES string of the molecule is CC(C(=O)N1CCCC1)N1CCC2(CCC(=O)N(CCO)C2)CC1. The van der Waals surface area contributed by atoms with Gasteiger partial charge in [-0.3, -0.25) is 14.5 Å². The van der Waals surface area contributed by atoms with Crippen LogP contribution in [0.2, 0.25) is 0 Å². The van der Waals surface area contributed by atoms with Crippen LogP contribution in [-0.4, -0.2) is 83.5 Å². The molecule has 0 radical (unpaired) electrons. The Morgan fingerprint density at radius 1 is 1.17 bits per heavy atom. The first-order valence-electron chi connectivity index (χ1n) is 9.46. The molecule has 3 saturated heterocycles. The summed E-state index contributed by atoms with van der Waals surface area (Å²) in [6, 6.07) is -0.0285. The average Bonchev–Trinajstić information content (AvgIpc) is 3.13. The van der Waals surface area contributed by atoms with E-state index in [-0.39, 0.29) is 29.9 Å². The molecule has 0 aromatic carbocycles. The van der Waals surface area contributed by atoms with E-state index in [0.29, 0.717) is 13.0 Å². The van der Waals surface area contributed by atoms with E-state index < -0.39 is 0 Å². The number of aliphatic hydroxyl groups excluding tert-OH is 1. The summed E-state index contributed by atoms with van der Waals surface area (Å²) in [4.78, 5) is 30.7. The van der Waals surface area contributed by atoms with Crippen LogP contribution in [0.4, 0.5) is 0 Å². The van der Waals surface area contributed by atoms with Gasteiger partial charge in [-0.25, -0.2) is 0 Å². The fraction of sp³-hybridized carbons (Fsp3) is 0.889. The number of carbonyl (C=O) groups excluding carboxylic acids is 2. The summed E-state index contributed by atoms with van der Waals surface area (Å²) in [5.41, 5.74) is 0.190. The maximum Gasteiger partial charge on any atom is 0.239 e. The van der Waals surface area contributed by atoms with Gasteiger partial charge in [0.05, 0.1) is 12.6 Å². The molecular weight excluding hydrogens is 306 g/mol. The Morgan fingerprint density at radius 2 is 1.83 bits per heavy atom. The molecule has 3 aliphatic rings. The quantitative estimate of drug-likeness (QED) is 0.820. The number of rotatable bonds is 4. The molecule has 0 aliphatic carbocycles. The fourth-order valence-electron chi connectivity index (χ4n) is 4.58. The Hall–Kier alpha value is -1.14. The van der Waals surface area contributed by atoms with Crippen molar-refractivity contribution in [2.24, 2.45) is 5.41 Å². The predicted octanol–water partition coefficient (Wildman–Crippen LogP) is 0.694. The summed E-state index contributed by atoms with van der Waals surface area (Å²) in [5, 5.41) is 9.16. The van der Waals surface area contributed by atoms with Gasteiger partial charge < -0.3 is 14.9 Å². The van der Waals surface area contributed by atoms with Crippen LogP contribution in [0.3, 0.4) is 0 Å². The maximum absolute atomic E-state index is 12.6. The lowest BCUT2D eigenvalue weighted by Gasteiger charge is -2.48. The second kappa shape index (κ2) is 7.40. The first-order valence-corrected chi connectivity index (χ1v) is 9.46. The van der Waals surface area contributed by atoms with Crippen LogP contribution in [0.25, 0.3) is 0 Å². The Bertz CT molecular complexity index is 468. The molecule has 0 bridgehead atoms. The van der Waals surface area contributed by atoms with Gasteiger partial charge in [-0.15, -0.1) is 0 Å². The second-order valence-corrected chi connectivity index (χ2v) is 7.78. The normalized spacial score (nSPS) is 26.2. The van der Waals surface area contributed by atoms with E-state index in [1.165, 1.54) is 0 Å². The zero-order valence-electron chi connectivity index (χ0n) is 14.9. The van der Waals surface area contributed by atoms with Crippen LogP contribution in [0.5, 0.6) is 0 Å². The molecule has 1 atom stereocenters. The van der Waals surface area contributed by atoms with E-state index in [4.69, 9.17) is 5.11 Å². The van der Waals surface area contributed by atoms with Gasteiger partial charge in [-0.2, -0.15) is 0 Å². The molecule has 6 nitrogen and oxygen atoms in total. The summed E-state index contributed by atoms with van der Waals surface area (Å²) in [6.45, 7) is 7.00. The molecule has 1 unspecified atom stereocenters. The lowest BCUT2D eigenvalue weighted by atomic mass is 9.72. The van der Waals surface area contributed by atoms with Gasteiger partial charge in [0.25, 0.3) is 0 Å². The van der Waals surface area contributed by atoms with E-state index in [9.17, 15) is 9.59 Å². The zero-order valence-corrected chi connectivity index (χ0v) is 14.9. The number of aliphatic hydroxyl groups is 1. The number of amides is 2. The van der Waals surface area contributed by atoms with Gasteiger partial charge in [-0.1, -0.05) is 0 Å². The van der Waals surface area contributed by atoms with Crippen LogP contribution in [0, 0.1) is 5.41 Å². The minimum absolute atomic E-state index is 0.0285. The van der Waals surface area contributed by atoms with E-state index in [1.807, 2.05) is 16.7 Å². The Morgan fingerprint density at radius 3 is 2.46 bits per heavy atom. The molecule has 6 heteroatoms. The van der Waals surface area contributed by atoms with Gasteiger partial charge in [0.2, 0.25) is 11.8 Å². The highest BCUT2D eigenvalue weighted by Gasteiger charge is 2.42. The molecule has 3 rings (SSSR count). The highest BCUT2D eigenvalue weighted by molar-refractivity contribution is 5.81. The molecule has 0 saturated carbocycles. The van der Waals surface area contributed by atoms with Gasteiger partial charge in [0, 0.05) is 32.6 Å². The molecule has 1 N–H and O–H groups in total. The van der Waals surface area contributed by atoms with Crippen molar-refractivity contribution in [2.75, 3.05) is 45.9 Å². The highest BCUT2D eigenvalue weighted by atomic mass is 16.3. The fourth-order valence-corrected chi connectivity index (χ4v) is 4.58. The molecule has 3 aliphatic heterocycles. The number of hydrogen-bond donors (Lipinski definition) is 1. The summed E-state index contributed by atoms with van der Waals surface area (Å²) < 4.78 is 0. The van der Waals surface area contributed by atoms with Crippen LogP contribution < -0.4 is 0 Å². The maximum atomic E-state index is 12.6. The Kier molecular flexibility index (Phi) is 5.45. The number of piperidine rings is 2. The topological polar surface area (TPSA) is 64.1 Å². The van der Waals surface area contributed by atoms with Gasteiger partial charge in [0.15, 0.2) is 0 Å². The van der Waals surface area contributed by atoms with Gasteiger partial charge >= 0.3 is 0 Å². The lowest BCUT2D eigenvalue weighted by molar-refractivity contribution is -0.141. The smallest absolute Gasteiger partial charge is 0.239 e. The molecule has 136 valence electrons. The summed E-state index contributed by atoms with van der Waals surface area (Å²) >= 11 is 0.